The van der Waals surface area contributed by atoms with Gasteiger partial charge in [-0.3, -0.25) is 14.9 Å². The molecule has 0 spiro atoms. The maximum atomic E-state index is 13.2. The minimum absolute atomic E-state index is 0.0921. The van der Waals surface area contributed by atoms with Gasteiger partial charge in [-0.15, -0.1) is 0 Å². The predicted octanol–water partition coefficient (Wildman–Crippen LogP) is 0.943. The van der Waals surface area contributed by atoms with Gasteiger partial charge in [-0.2, -0.15) is 0 Å². The van der Waals surface area contributed by atoms with E-state index in [2.05, 4.69) is 0 Å². The van der Waals surface area contributed by atoms with Crippen LogP contribution in [0, 0.1) is 10.1 Å². The summed E-state index contributed by atoms with van der Waals surface area (Å²) in [6.07, 6.45) is -2.30. The van der Waals surface area contributed by atoms with Crippen LogP contribution >= 0.6 is 0 Å². The Morgan fingerprint density at radius 3 is 2.29 bits per heavy atom. The minimum atomic E-state index is -2.30. The number of carbonyl (C=O) groups is 2. The summed E-state index contributed by atoms with van der Waals surface area (Å²) < 4.78 is 13.2. The maximum Gasteiger partial charge on any atom is 0.395 e. The first-order valence-electron chi connectivity index (χ1n) is 4.55. The van der Waals surface area contributed by atoms with Gasteiger partial charge in [-0.05, 0) is 12.1 Å². The lowest BCUT2D eigenvalue weighted by Crippen LogP contribution is -2.36. The summed E-state index contributed by atoms with van der Waals surface area (Å²) in [6.45, 7) is 0. The van der Waals surface area contributed by atoms with Crippen LogP contribution in [0.2, 0.25) is 0 Å². The van der Waals surface area contributed by atoms with Crippen LogP contribution in [-0.2, 0) is 4.79 Å². The highest BCUT2D eigenvalue weighted by molar-refractivity contribution is 6.20. The van der Waals surface area contributed by atoms with E-state index in [-0.39, 0.29) is 5.69 Å². The maximum absolute atomic E-state index is 13.2. The number of rotatable bonds is 2. The summed E-state index contributed by atoms with van der Waals surface area (Å²) in [5, 5.41) is 9.78. The summed E-state index contributed by atoms with van der Waals surface area (Å²) in [5.74, 6) is -1.21. The topological polar surface area (TPSA) is 83.8 Å². The van der Waals surface area contributed by atoms with Crippen LogP contribution in [0.1, 0.15) is 0 Å². The third kappa shape index (κ3) is 1.59. The summed E-state index contributed by atoms with van der Waals surface area (Å²) in [4.78, 5) is 32.7. The molecule has 3 amide bonds. The van der Waals surface area contributed by atoms with Crippen LogP contribution in [-0.4, -0.2) is 28.1 Å². The first-order valence-corrected chi connectivity index (χ1v) is 4.55. The number of carbonyl (C=O) groups excluding carboxylic acids is 2. The lowest BCUT2D eigenvalue weighted by Gasteiger charge is -2.10. The molecule has 2 rings (SSSR count). The lowest BCUT2D eigenvalue weighted by atomic mass is 10.3. The highest BCUT2D eigenvalue weighted by atomic mass is 19.2. The SMILES string of the molecule is O=C1C([N+](=O)[O-])N(F)C(=O)N1c1ccccc1. The zero-order valence-corrected chi connectivity index (χ0v) is 8.32. The second kappa shape index (κ2) is 3.81. The Balaban J connectivity index is 2.41. The molecule has 0 radical (unpaired) electrons. The molecule has 17 heavy (non-hydrogen) atoms. The van der Waals surface area contributed by atoms with Gasteiger partial charge in [0, 0.05) is 0 Å². The zero-order chi connectivity index (χ0) is 12.6. The van der Waals surface area contributed by atoms with Crippen molar-refractivity contribution < 1.29 is 19.0 Å². The number of benzene rings is 1. The lowest BCUT2D eigenvalue weighted by molar-refractivity contribution is -0.538. The van der Waals surface area contributed by atoms with Crippen molar-refractivity contribution in [1.82, 2.24) is 5.12 Å². The largest absolute Gasteiger partial charge is 0.395 e. The van der Waals surface area contributed by atoms with Crippen LogP contribution in [0.15, 0.2) is 30.3 Å². The van der Waals surface area contributed by atoms with E-state index in [4.69, 9.17) is 0 Å². The Morgan fingerprint density at radius 1 is 1.24 bits per heavy atom. The van der Waals surface area contributed by atoms with Crippen molar-refractivity contribution in [3.05, 3.63) is 40.4 Å². The smallest absolute Gasteiger partial charge is 0.263 e. The number of amides is 3. The molecule has 0 saturated carbocycles. The molecule has 1 aliphatic heterocycles. The molecule has 1 unspecified atom stereocenters. The van der Waals surface area contributed by atoms with Gasteiger partial charge in [-0.25, -0.2) is 9.69 Å². The molecule has 1 aliphatic rings. The highest BCUT2D eigenvalue weighted by Crippen LogP contribution is 2.25. The number of hydrogen-bond acceptors (Lipinski definition) is 4. The summed E-state index contributed by atoms with van der Waals surface area (Å²) in [7, 11) is 0. The number of imide groups is 1. The molecular formula is C9H6FN3O4. The molecule has 88 valence electrons. The van der Waals surface area contributed by atoms with Crippen LogP contribution in [0.5, 0.6) is 0 Å². The van der Waals surface area contributed by atoms with Crippen LogP contribution in [0.4, 0.5) is 15.0 Å². The van der Waals surface area contributed by atoms with Gasteiger partial charge in [0.2, 0.25) is 0 Å². The Labute approximate surface area is 94.1 Å². The molecule has 1 aromatic carbocycles. The van der Waals surface area contributed by atoms with Crippen molar-refractivity contribution in [2.24, 2.45) is 0 Å². The molecule has 0 bridgehead atoms. The van der Waals surface area contributed by atoms with Gasteiger partial charge in [0.15, 0.2) is 0 Å². The molecule has 1 atom stereocenters. The molecular weight excluding hydrogens is 233 g/mol. The summed E-state index contributed by atoms with van der Waals surface area (Å²) in [6, 6.07) is 6.09. The fourth-order valence-electron chi connectivity index (χ4n) is 1.49. The molecule has 7 nitrogen and oxygen atoms in total. The molecule has 1 saturated heterocycles. The van der Waals surface area contributed by atoms with Crippen LogP contribution in [0.25, 0.3) is 0 Å². The third-order valence-corrected chi connectivity index (χ3v) is 2.24. The summed E-state index contributed by atoms with van der Waals surface area (Å²) >= 11 is 0. The molecule has 0 aliphatic carbocycles. The second-order valence-electron chi connectivity index (χ2n) is 3.26. The van der Waals surface area contributed by atoms with Crippen molar-refractivity contribution in [3.8, 4) is 0 Å². The van der Waals surface area contributed by atoms with Crippen LogP contribution < -0.4 is 4.90 Å². The Kier molecular flexibility index (Phi) is 2.47. The Morgan fingerprint density at radius 2 is 1.82 bits per heavy atom. The molecule has 8 heteroatoms. The second-order valence-corrected chi connectivity index (χ2v) is 3.26. The summed E-state index contributed by atoms with van der Waals surface area (Å²) in [5.41, 5.74) is 0.0921. The van der Waals surface area contributed by atoms with E-state index < -0.39 is 28.1 Å². The molecule has 1 fully saturated rings. The van der Waals surface area contributed by atoms with E-state index in [0.29, 0.717) is 4.90 Å². The monoisotopic (exact) mass is 239 g/mol. The number of anilines is 1. The quantitative estimate of drug-likeness (QED) is 0.333. The van der Waals surface area contributed by atoms with E-state index in [9.17, 15) is 24.2 Å². The number of para-hydroxylation sites is 1. The van der Waals surface area contributed by atoms with E-state index in [1.54, 1.807) is 6.07 Å². The average molecular weight is 239 g/mol. The standard InChI is InChI=1S/C9H6FN3O4/c10-12-7(13(16)17)8(14)11(9(12)15)6-4-2-1-3-5-6/h1-5,7H. The fourth-order valence-corrected chi connectivity index (χ4v) is 1.49. The van der Waals surface area contributed by atoms with E-state index in [0.717, 1.165) is 0 Å². The van der Waals surface area contributed by atoms with Crippen molar-refractivity contribution in [2.75, 3.05) is 4.90 Å². The average Bonchev–Trinajstić information content (AvgIpc) is 2.51. The third-order valence-electron chi connectivity index (χ3n) is 2.24. The van der Waals surface area contributed by atoms with Crippen LogP contribution in [0.3, 0.4) is 0 Å². The van der Waals surface area contributed by atoms with Gasteiger partial charge in [0.25, 0.3) is 0 Å². The van der Waals surface area contributed by atoms with Crippen molar-refractivity contribution >= 4 is 17.6 Å². The van der Waals surface area contributed by atoms with Gasteiger partial charge < -0.3 is 0 Å². The zero-order valence-electron chi connectivity index (χ0n) is 8.32. The molecule has 0 aromatic heterocycles. The van der Waals surface area contributed by atoms with E-state index in [1.165, 1.54) is 24.3 Å². The first kappa shape index (κ1) is 11.0. The fraction of sp³-hybridized carbons (Fsp3) is 0.111. The number of halogens is 1. The number of nitro groups is 1. The number of hydrogen-bond donors (Lipinski definition) is 0. The molecule has 0 N–H and O–H groups in total. The van der Waals surface area contributed by atoms with Gasteiger partial charge >= 0.3 is 18.1 Å². The first-order chi connectivity index (χ1) is 8.04. The van der Waals surface area contributed by atoms with E-state index >= 15 is 0 Å². The minimum Gasteiger partial charge on any atom is -0.263 e. The molecule has 1 heterocycles. The van der Waals surface area contributed by atoms with Crippen molar-refractivity contribution in [1.29, 1.82) is 0 Å². The van der Waals surface area contributed by atoms with E-state index in [1.807, 2.05) is 0 Å². The molecule has 1 aromatic rings. The van der Waals surface area contributed by atoms with Gasteiger partial charge in [0.1, 0.15) is 0 Å². The predicted molar refractivity (Wildman–Crippen MR) is 53.1 cm³/mol. The number of urea groups is 1. The highest BCUT2D eigenvalue weighted by Gasteiger charge is 2.55. The Bertz CT molecular complexity index is 492. The van der Waals surface area contributed by atoms with Crippen molar-refractivity contribution in [3.63, 3.8) is 0 Å². The van der Waals surface area contributed by atoms with Gasteiger partial charge in [-0.1, -0.05) is 27.8 Å². The van der Waals surface area contributed by atoms with Crippen molar-refractivity contribution in [2.45, 2.75) is 6.17 Å². The van der Waals surface area contributed by atoms with Gasteiger partial charge in [0.05, 0.1) is 10.6 Å². The number of nitrogens with zero attached hydrogens (tertiary/aromatic N) is 3. The Hall–Kier alpha value is -2.51. The normalized spacial score (nSPS) is 19.9.